The summed E-state index contributed by atoms with van der Waals surface area (Å²) in [5, 5.41) is 16.2. The predicted molar refractivity (Wildman–Crippen MR) is 96.4 cm³/mol. The van der Waals surface area contributed by atoms with Crippen LogP contribution in [0.3, 0.4) is 0 Å². The number of aliphatic hydroxyl groups excluding tert-OH is 1. The van der Waals surface area contributed by atoms with Crippen molar-refractivity contribution in [3.8, 4) is 5.75 Å². The SMILES string of the molecule is O[C@H](CNCCNc1nccc(C(F)(F)F)n1)COc1ccc(Cl)c(Cl)c1. The molecule has 2 rings (SSSR count). The van der Waals surface area contributed by atoms with Gasteiger partial charge in [-0.25, -0.2) is 9.97 Å². The molecule has 148 valence electrons. The van der Waals surface area contributed by atoms with Gasteiger partial charge in [-0.15, -0.1) is 0 Å². The number of aliphatic hydroxyl groups is 1. The van der Waals surface area contributed by atoms with E-state index in [1.807, 2.05) is 0 Å². The molecule has 0 saturated carbocycles. The Hall–Kier alpha value is -1.81. The molecule has 1 aromatic heterocycles. The van der Waals surface area contributed by atoms with Crippen molar-refractivity contribution >= 4 is 29.2 Å². The molecule has 0 unspecified atom stereocenters. The molecule has 0 bridgehead atoms. The summed E-state index contributed by atoms with van der Waals surface area (Å²) in [5.41, 5.74) is -1.01. The second-order valence-corrected chi connectivity index (χ2v) is 6.25. The molecule has 1 heterocycles. The number of alkyl halides is 3. The number of nitrogens with one attached hydrogen (secondary N) is 2. The van der Waals surface area contributed by atoms with Gasteiger partial charge in [0.25, 0.3) is 0 Å². The Morgan fingerprint density at radius 2 is 1.93 bits per heavy atom. The van der Waals surface area contributed by atoms with Gasteiger partial charge in [0.1, 0.15) is 24.2 Å². The first-order valence-corrected chi connectivity index (χ1v) is 8.62. The first kappa shape index (κ1) is 21.5. The van der Waals surface area contributed by atoms with Crippen LogP contribution in [0.15, 0.2) is 30.5 Å². The van der Waals surface area contributed by atoms with Crippen LogP contribution in [0.2, 0.25) is 10.0 Å². The Morgan fingerprint density at radius 1 is 1.15 bits per heavy atom. The first-order valence-electron chi connectivity index (χ1n) is 7.86. The average Bonchev–Trinajstić information content (AvgIpc) is 2.62. The maximum Gasteiger partial charge on any atom is 0.433 e. The second-order valence-electron chi connectivity index (χ2n) is 5.43. The van der Waals surface area contributed by atoms with Gasteiger partial charge < -0.3 is 20.5 Å². The maximum absolute atomic E-state index is 12.6. The molecule has 0 aliphatic heterocycles. The van der Waals surface area contributed by atoms with Crippen molar-refractivity contribution in [1.29, 1.82) is 0 Å². The minimum atomic E-state index is -4.52. The molecule has 1 aromatic carbocycles. The van der Waals surface area contributed by atoms with Crippen molar-refractivity contribution in [3.63, 3.8) is 0 Å². The van der Waals surface area contributed by atoms with Gasteiger partial charge in [-0.2, -0.15) is 13.2 Å². The number of anilines is 1. The maximum atomic E-state index is 12.6. The minimum Gasteiger partial charge on any atom is -0.491 e. The molecule has 1 atom stereocenters. The molecule has 0 aliphatic rings. The lowest BCUT2D eigenvalue weighted by atomic mass is 10.3. The Morgan fingerprint density at radius 3 is 2.63 bits per heavy atom. The smallest absolute Gasteiger partial charge is 0.433 e. The van der Waals surface area contributed by atoms with E-state index in [0.29, 0.717) is 22.3 Å². The number of benzene rings is 1. The summed E-state index contributed by atoms with van der Waals surface area (Å²) < 4.78 is 43.1. The largest absolute Gasteiger partial charge is 0.491 e. The molecule has 6 nitrogen and oxygen atoms in total. The lowest BCUT2D eigenvalue weighted by Crippen LogP contribution is -2.34. The monoisotopic (exact) mass is 424 g/mol. The zero-order chi connectivity index (χ0) is 19.9. The third-order valence-electron chi connectivity index (χ3n) is 3.24. The molecule has 0 spiro atoms. The molecular weight excluding hydrogens is 408 g/mol. The van der Waals surface area contributed by atoms with Gasteiger partial charge in [0.2, 0.25) is 5.95 Å². The van der Waals surface area contributed by atoms with Crippen LogP contribution < -0.4 is 15.4 Å². The van der Waals surface area contributed by atoms with Crippen LogP contribution in [0.4, 0.5) is 19.1 Å². The lowest BCUT2D eigenvalue weighted by molar-refractivity contribution is -0.141. The predicted octanol–water partition coefficient (Wildman–Crippen LogP) is 3.24. The second kappa shape index (κ2) is 9.93. The van der Waals surface area contributed by atoms with Gasteiger partial charge in [-0.05, 0) is 18.2 Å². The zero-order valence-electron chi connectivity index (χ0n) is 13.9. The fourth-order valence-corrected chi connectivity index (χ4v) is 2.24. The quantitative estimate of drug-likeness (QED) is 0.536. The van der Waals surface area contributed by atoms with Crippen molar-refractivity contribution in [1.82, 2.24) is 15.3 Å². The van der Waals surface area contributed by atoms with Crippen LogP contribution in [0.1, 0.15) is 5.69 Å². The van der Waals surface area contributed by atoms with Gasteiger partial charge >= 0.3 is 6.18 Å². The van der Waals surface area contributed by atoms with Gasteiger partial charge in [0.15, 0.2) is 0 Å². The Labute approximate surface area is 163 Å². The fourth-order valence-electron chi connectivity index (χ4n) is 1.95. The van der Waals surface area contributed by atoms with Crippen molar-refractivity contribution in [3.05, 3.63) is 46.2 Å². The molecule has 0 fully saturated rings. The lowest BCUT2D eigenvalue weighted by Gasteiger charge is -2.14. The summed E-state index contributed by atoms with van der Waals surface area (Å²) in [6.45, 7) is 0.923. The van der Waals surface area contributed by atoms with Gasteiger partial charge in [0, 0.05) is 31.9 Å². The van der Waals surface area contributed by atoms with E-state index in [-0.39, 0.29) is 25.6 Å². The number of rotatable bonds is 9. The normalized spacial score (nSPS) is 12.7. The molecule has 0 aliphatic carbocycles. The fraction of sp³-hybridized carbons (Fsp3) is 0.375. The Balaban J connectivity index is 1.64. The van der Waals surface area contributed by atoms with E-state index in [0.717, 1.165) is 12.3 Å². The highest BCUT2D eigenvalue weighted by atomic mass is 35.5. The topological polar surface area (TPSA) is 79.3 Å². The van der Waals surface area contributed by atoms with Crippen LogP contribution in [-0.2, 0) is 6.18 Å². The number of hydrogen-bond donors (Lipinski definition) is 3. The number of hydrogen-bond acceptors (Lipinski definition) is 6. The summed E-state index contributed by atoms with van der Waals surface area (Å²) in [7, 11) is 0. The van der Waals surface area contributed by atoms with E-state index in [1.165, 1.54) is 0 Å². The number of halogens is 5. The number of ether oxygens (including phenoxy) is 1. The van der Waals surface area contributed by atoms with Crippen molar-refractivity contribution in [2.45, 2.75) is 12.3 Å². The van der Waals surface area contributed by atoms with Crippen LogP contribution in [0.25, 0.3) is 0 Å². The van der Waals surface area contributed by atoms with Crippen molar-refractivity contribution < 1.29 is 23.0 Å². The van der Waals surface area contributed by atoms with Crippen LogP contribution in [0, 0.1) is 0 Å². The third-order valence-corrected chi connectivity index (χ3v) is 3.98. The van der Waals surface area contributed by atoms with E-state index >= 15 is 0 Å². The summed E-state index contributed by atoms with van der Waals surface area (Å²) in [4.78, 5) is 7.11. The average molecular weight is 425 g/mol. The van der Waals surface area contributed by atoms with Crippen LogP contribution in [0.5, 0.6) is 5.75 Å². The highest BCUT2D eigenvalue weighted by molar-refractivity contribution is 6.42. The van der Waals surface area contributed by atoms with Crippen molar-refractivity contribution in [2.24, 2.45) is 0 Å². The molecule has 0 saturated heterocycles. The molecule has 3 N–H and O–H groups in total. The molecule has 0 radical (unpaired) electrons. The highest BCUT2D eigenvalue weighted by Gasteiger charge is 2.32. The van der Waals surface area contributed by atoms with Gasteiger partial charge in [-0.3, -0.25) is 0 Å². The summed E-state index contributed by atoms with van der Waals surface area (Å²) >= 11 is 11.7. The number of aromatic nitrogens is 2. The van der Waals surface area contributed by atoms with E-state index < -0.39 is 18.0 Å². The summed E-state index contributed by atoms with van der Waals surface area (Å²) in [5.74, 6) is 0.363. The van der Waals surface area contributed by atoms with E-state index in [4.69, 9.17) is 27.9 Å². The van der Waals surface area contributed by atoms with E-state index in [1.54, 1.807) is 18.2 Å². The zero-order valence-corrected chi connectivity index (χ0v) is 15.4. The number of nitrogens with zero attached hydrogens (tertiary/aromatic N) is 2. The standard InChI is InChI=1S/C16H17Cl2F3N4O2/c17-12-2-1-11(7-13(12)18)27-9-10(26)8-22-5-6-24-15-23-4-3-14(25-15)16(19,20)21/h1-4,7,10,22,26H,5-6,8-9H2,(H,23,24,25)/t10-/m1/s1. The molecule has 27 heavy (non-hydrogen) atoms. The van der Waals surface area contributed by atoms with Crippen LogP contribution in [-0.4, -0.2) is 47.4 Å². The Kier molecular flexibility index (Phi) is 7.91. The van der Waals surface area contributed by atoms with Crippen LogP contribution >= 0.6 is 23.2 Å². The van der Waals surface area contributed by atoms with Crippen molar-refractivity contribution in [2.75, 3.05) is 31.6 Å². The third kappa shape index (κ3) is 7.37. The minimum absolute atomic E-state index is 0.0368. The van der Waals surface area contributed by atoms with Gasteiger partial charge in [0.05, 0.1) is 10.0 Å². The molecular formula is C16H17Cl2F3N4O2. The van der Waals surface area contributed by atoms with E-state index in [9.17, 15) is 18.3 Å². The molecule has 11 heteroatoms. The molecule has 2 aromatic rings. The molecule has 0 amide bonds. The summed E-state index contributed by atoms with van der Waals surface area (Å²) in [6, 6.07) is 5.56. The van der Waals surface area contributed by atoms with Gasteiger partial charge in [-0.1, -0.05) is 23.2 Å². The summed E-state index contributed by atoms with van der Waals surface area (Å²) in [6.07, 6.45) is -4.27. The van der Waals surface area contributed by atoms with E-state index in [2.05, 4.69) is 20.6 Å². The first-order chi connectivity index (χ1) is 12.8. The Bertz CT molecular complexity index is 750. The highest BCUT2D eigenvalue weighted by Crippen LogP contribution is 2.27.